The van der Waals surface area contributed by atoms with Crippen molar-refractivity contribution in [3.05, 3.63) is 94.4 Å². The van der Waals surface area contributed by atoms with E-state index < -0.39 is 0 Å². The van der Waals surface area contributed by atoms with Crippen LogP contribution in [-0.2, 0) is 11.3 Å². The summed E-state index contributed by atoms with van der Waals surface area (Å²) < 4.78 is 5.40. The van der Waals surface area contributed by atoms with Crippen molar-refractivity contribution in [2.75, 3.05) is 51.0 Å². The Morgan fingerprint density at radius 1 is 1.05 bits per heavy atom. The summed E-state index contributed by atoms with van der Waals surface area (Å²) in [7, 11) is 3.77. The van der Waals surface area contributed by atoms with E-state index in [2.05, 4.69) is 73.3 Å². The van der Waals surface area contributed by atoms with E-state index in [0.29, 0.717) is 23.0 Å². The molecule has 2 aliphatic rings. The molecule has 9 nitrogen and oxygen atoms in total. The van der Waals surface area contributed by atoms with Gasteiger partial charge in [-0.3, -0.25) is 9.69 Å². The highest BCUT2D eigenvalue weighted by Gasteiger charge is 2.20. The Hall–Kier alpha value is -4.52. The molecule has 1 unspecified atom stereocenters. The molecule has 2 aliphatic heterocycles. The van der Waals surface area contributed by atoms with E-state index in [0.717, 1.165) is 68.1 Å². The fourth-order valence-corrected chi connectivity index (χ4v) is 5.00. The van der Waals surface area contributed by atoms with Crippen LogP contribution in [0.4, 0.5) is 11.6 Å². The second kappa shape index (κ2) is 14.1. The predicted octanol–water partition coefficient (Wildman–Crippen LogP) is 4.71. The second-order valence-electron chi connectivity index (χ2n) is 11.0. The van der Waals surface area contributed by atoms with Gasteiger partial charge in [0.1, 0.15) is 5.70 Å². The average molecular weight is 578 g/mol. The minimum atomic E-state index is -0.171. The molecule has 222 valence electrons. The number of benzene rings is 2. The number of nitrogens with one attached hydrogen (secondary N) is 2. The van der Waals surface area contributed by atoms with Crippen LogP contribution < -0.4 is 10.6 Å². The second-order valence-corrected chi connectivity index (χ2v) is 11.0. The zero-order chi connectivity index (χ0) is 30.2. The number of hydrogen-bond donors (Lipinski definition) is 2. The predicted molar refractivity (Wildman–Crippen MR) is 171 cm³/mol. The van der Waals surface area contributed by atoms with Crippen molar-refractivity contribution in [1.82, 2.24) is 19.8 Å². The summed E-state index contributed by atoms with van der Waals surface area (Å²) in [5.74, 6) is 7.13. The molecule has 0 bridgehead atoms. The number of rotatable bonds is 8. The summed E-state index contributed by atoms with van der Waals surface area (Å²) in [5, 5.41) is 6.20. The van der Waals surface area contributed by atoms with E-state index in [9.17, 15) is 4.79 Å². The number of methoxy groups -OCH3 is 1. The summed E-state index contributed by atoms with van der Waals surface area (Å²) in [6.07, 6.45) is 7.38. The number of aromatic nitrogens is 2. The largest absolute Gasteiger partial charge is 0.480 e. The number of anilines is 2. The number of nitrogens with zero attached hydrogens (tertiary/aromatic N) is 5. The van der Waals surface area contributed by atoms with Crippen molar-refractivity contribution in [2.24, 2.45) is 4.99 Å². The van der Waals surface area contributed by atoms with Crippen molar-refractivity contribution in [1.29, 1.82) is 0 Å². The van der Waals surface area contributed by atoms with Gasteiger partial charge in [0.25, 0.3) is 5.91 Å². The number of aryl methyl sites for hydroxylation is 1. The lowest BCUT2D eigenvalue weighted by atomic mass is 10.0. The van der Waals surface area contributed by atoms with E-state index in [-0.39, 0.29) is 11.9 Å². The standard InChI is InChI=1S/C34H39N7O2/c1-5-6-30-20-31(33(38-30)43-4)39-34-35-21-26(22-36-34)8-12-27-19-28(11-7-24(27)2)32(42)37-29-13-9-25(10-14-29)23-41-17-15-40(3)16-18-41/h7,9-11,13-14,19-22,30H,5-6,15-18,23H2,1-4H3,(H,37,42)(H,35,36,39). The third kappa shape index (κ3) is 8.07. The van der Waals surface area contributed by atoms with E-state index in [1.807, 2.05) is 43.3 Å². The lowest BCUT2D eigenvalue weighted by Crippen LogP contribution is -2.43. The van der Waals surface area contributed by atoms with Gasteiger partial charge in [-0.15, -0.1) is 0 Å². The first-order chi connectivity index (χ1) is 20.9. The van der Waals surface area contributed by atoms with Crippen LogP contribution in [0.25, 0.3) is 0 Å². The van der Waals surface area contributed by atoms with Crippen LogP contribution in [0.2, 0.25) is 0 Å². The maximum absolute atomic E-state index is 13.0. The first kappa shape index (κ1) is 30.0. The van der Waals surface area contributed by atoms with E-state index in [1.165, 1.54) is 5.56 Å². The van der Waals surface area contributed by atoms with Gasteiger partial charge in [0.15, 0.2) is 0 Å². The van der Waals surface area contributed by atoms with Crippen LogP contribution in [0.1, 0.15) is 52.4 Å². The van der Waals surface area contributed by atoms with Crippen molar-refractivity contribution in [3.63, 3.8) is 0 Å². The van der Waals surface area contributed by atoms with Gasteiger partial charge in [0, 0.05) is 61.9 Å². The molecule has 1 saturated heterocycles. The Morgan fingerprint density at radius 2 is 1.79 bits per heavy atom. The third-order valence-corrected chi connectivity index (χ3v) is 7.60. The zero-order valence-corrected chi connectivity index (χ0v) is 25.4. The summed E-state index contributed by atoms with van der Waals surface area (Å²) in [6.45, 7) is 9.38. The third-order valence-electron chi connectivity index (χ3n) is 7.60. The van der Waals surface area contributed by atoms with Crippen LogP contribution in [0.15, 0.2) is 71.6 Å². The zero-order valence-electron chi connectivity index (χ0n) is 25.4. The van der Waals surface area contributed by atoms with Gasteiger partial charge >= 0.3 is 0 Å². The molecular weight excluding hydrogens is 538 g/mol. The van der Waals surface area contributed by atoms with Crippen LogP contribution in [0.5, 0.6) is 0 Å². The van der Waals surface area contributed by atoms with Crippen molar-refractivity contribution in [3.8, 4) is 11.8 Å². The Bertz CT molecular complexity index is 1540. The molecule has 0 saturated carbocycles. The van der Waals surface area contributed by atoms with Crippen molar-refractivity contribution < 1.29 is 9.53 Å². The van der Waals surface area contributed by atoms with Crippen molar-refractivity contribution >= 4 is 23.4 Å². The average Bonchev–Trinajstić information content (AvgIpc) is 3.40. The summed E-state index contributed by atoms with van der Waals surface area (Å²) in [6, 6.07) is 13.8. The topological polar surface area (TPSA) is 95.0 Å². The molecule has 5 rings (SSSR count). The first-order valence-electron chi connectivity index (χ1n) is 14.8. The van der Waals surface area contributed by atoms with Crippen LogP contribution in [-0.4, -0.2) is 78.0 Å². The number of carbonyl (C=O) groups is 1. The lowest BCUT2D eigenvalue weighted by Gasteiger charge is -2.32. The highest BCUT2D eigenvalue weighted by molar-refractivity contribution is 6.04. The minimum Gasteiger partial charge on any atom is -0.480 e. The fraction of sp³-hybridized carbons (Fsp3) is 0.353. The summed E-state index contributed by atoms with van der Waals surface area (Å²) >= 11 is 0. The molecule has 0 radical (unpaired) electrons. The van der Waals surface area contributed by atoms with Crippen LogP contribution >= 0.6 is 0 Å². The summed E-state index contributed by atoms with van der Waals surface area (Å²) in [5.41, 5.74) is 5.76. The maximum atomic E-state index is 13.0. The molecule has 0 spiro atoms. The van der Waals surface area contributed by atoms with Gasteiger partial charge < -0.3 is 20.3 Å². The van der Waals surface area contributed by atoms with Gasteiger partial charge in [-0.1, -0.05) is 43.4 Å². The Balaban J connectivity index is 1.19. The molecule has 2 N–H and O–H groups in total. The Morgan fingerprint density at radius 3 is 2.49 bits per heavy atom. The van der Waals surface area contributed by atoms with Gasteiger partial charge in [0.05, 0.1) is 18.7 Å². The first-order valence-corrected chi connectivity index (χ1v) is 14.8. The van der Waals surface area contributed by atoms with Crippen molar-refractivity contribution in [2.45, 2.75) is 39.3 Å². The number of piperazine rings is 1. The number of likely N-dealkylation sites (N-methyl/N-ethyl adjacent to an activating group) is 1. The quantitative estimate of drug-likeness (QED) is 0.375. The molecule has 9 heteroatoms. The SMILES string of the molecule is CCCC1C=C(Nc2ncc(C#Cc3cc(C(=O)Nc4ccc(CN5CCN(C)CC5)cc4)ccc3C)cn2)C(OC)=N1. The molecule has 3 aromatic rings. The van der Waals surface area contributed by atoms with Gasteiger partial charge in [-0.2, -0.15) is 0 Å². The molecule has 0 aliphatic carbocycles. The number of hydrogen-bond acceptors (Lipinski definition) is 8. The fourth-order valence-electron chi connectivity index (χ4n) is 5.00. The minimum absolute atomic E-state index is 0.103. The highest BCUT2D eigenvalue weighted by Crippen LogP contribution is 2.19. The van der Waals surface area contributed by atoms with Crippen LogP contribution in [0.3, 0.4) is 0 Å². The maximum Gasteiger partial charge on any atom is 0.255 e. The lowest BCUT2D eigenvalue weighted by molar-refractivity contribution is 0.102. The molecule has 1 aromatic heterocycles. The Kier molecular flexibility index (Phi) is 9.82. The molecule has 1 fully saturated rings. The molecule has 2 aromatic carbocycles. The number of aliphatic imine (C=N–C) groups is 1. The molecule has 1 atom stereocenters. The van der Waals surface area contributed by atoms with Gasteiger partial charge in [-0.05, 0) is 61.9 Å². The van der Waals surface area contributed by atoms with E-state index in [1.54, 1.807) is 19.5 Å². The monoisotopic (exact) mass is 577 g/mol. The number of ether oxygens (including phenoxy) is 1. The molecule has 3 heterocycles. The summed E-state index contributed by atoms with van der Waals surface area (Å²) in [4.78, 5) is 31.2. The van der Waals surface area contributed by atoms with E-state index in [4.69, 9.17) is 4.74 Å². The highest BCUT2D eigenvalue weighted by atomic mass is 16.5. The molecular formula is C34H39N7O2. The van der Waals surface area contributed by atoms with Gasteiger partial charge in [0.2, 0.25) is 11.8 Å². The Labute approximate surface area is 254 Å². The normalized spacial score (nSPS) is 17.0. The van der Waals surface area contributed by atoms with E-state index >= 15 is 0 Å². The van der Waals surface area contributed by atoms with Gasteiger partial charge in [-0.25, -0.2) is 15.0 Å². The smallest absolute Gasteiger partial charge is 0.255 e. The number of carbonyl (C=O) groups excluding carboxylic acids is 1. The number of amides is 1. The molecule has 1 amide bonds. The van der Waals surface area contributed by atoms with Crippen LogP contribution in [0, 0.1) is 18.8 Å². The molecule has 43 heavy (non-hydrogen) atoms.